The Hall–Kier alpha value is -1.63. The average molecular weight is 793 g/mol. The molecule has 2 atom stereocenters. The van der Waals surface area contributed by atoms with Crippen molar-refractivity contribution in [2.45, 2.75) is 253 Å². The van der Waals surface area contributed by atoms with Gasteiger partial charge in [-0.3, -0.25) is 14.4 Å². The molecule has 2 unspecified atom stereocenters. The zero-order chi connectivity index (χ0) is 41.3. The molecule has 1 N–H and O–H groups in total. The van der Waals surface area contributed by atoms with E-state index in [0.717, 1.165) is 45.2 Å². The zero-order valence-corrected chi connectivity index (χ0v) is 38.4. The van der Waals surface area contributed by atoms with Crippen molar-refractivity contribution in [1.82, 2.24) is 10.2 Å². The van der Waals surface area contributed by atoms with E-state index in [1.807, 2.05) is 7.05 Å². The van der Waals surface area contributed by atoms with Crippen LogP contribution in [0.1, 0.15) is 247 Å². The third kappa shape index (κ3) is 36.7. The maximum absolute atomic E-state index is 12.4. The molecule has 0 saturated heterocycles. The number of carbonyl (C=O) groups is 3. The fourth-order valence-electron chi connectivity index (χ4n) is 7.76. The van der Waals surface area contributed by atoms with Crippen LogP contribution in [0, 0.1) is 11.8 Å². The number of nitrogens with one attached hydrogen (secondary N) is 1. The molecule has 0 heterocycles. The summed E-state index contributed by atoms with van der Waals surface area (Å²) in [6.07, 6.45) is 38.3. The van der Waals surface area contributed by atoms with Crippen molar-refractivity contribution >= 4 is 17.8 Å². The Bertz CT molecular complexity index is 827. The molecule has 0 fully saturated rings. The number of rotatable bonds is 43. The second-order valence-corrected chi connectivity index (χ2v) is 17.3. The highest BCUT2D eigenvalue weighted by molar-refractivity contribution is 5.72. The van der Waals surface area contributed by atoms with E-state index in [9.17, 15) is 14.4 Å². The smallest absolute Gasteiger partial charge is 0.305 e. The van der Waals surface area contributed by atoms with Crippen molar-refractivity contribution in [3.63, 3.8) is 0 Å². The predicted molar refractivity (Wildman–Crippen MR) is 239 cm³/mol. The molecule has 0 aromatic heterocycles. The Morgan fingerprint density at radius 3 is 1.23 bits per heavy atom. The van der Waals surface area contributed by atoms with Crippen LogP contribution in [0.25, 0.3) is 0 Å². The third-order valence-corrected chi connectivity index (χ3v) is 11.8. The summed E-state index contributed by atoms with van der Waals surface area (Å²) in [5.41, 5.74) is 0. The van der Waals surface area contributed by atoms with Crippen molar-refractivity contribution in [1.29, 1.82) is 0 Å². The molecule has 0 rings (SSSR count). The summed E-state index contributed by atoms with van der Waals surface area (Å²) in [4.78, 5) is 38.3. The van der Waals surface area contributed by atoms with Gasteiger partial charge in [0.2, 0.25) is 5.91 Å². The minimum Gasteiger partial charge on any atom is -0.465 e. The Labute approximate surface area is 348 Å². The summed E-state index contributed by atoms with van der Waals surface area (Å²) in [5.74, 6) is 1.19. The van der Waals surface area contributed by atoms with Crippen LogP contribution >= 0.6 is 0 Å². The topological polar surface area (TPSA) is 84.9 Å². The van der Waals surface area contributed by atoms with Crippen molar-refractivity contribution < 1.29 is 23.9 Å². The fourth-order valence-corrected chi connectivity index (χ4v) is 7.76. The molecular formula is C49H96N2O5. The molecule has 332 valence electrons. The van der Waals surface area contributed by atoms with Crippen LogP contribution in [0.15, 0.2) is 0 Å². The van der Waals surface area contributed by atoms with Gasteiger partial charge >= 0.3 is 11.9 Å². The predicted octanol–water partition coefficient (Wildman–Crippen LogP) is 13.7. The summed E-state index contributed by atoms with van der Waals surface area (Å²) >= 11 is 0. The average Bonchev–Trinajstić information content (AvgIpc) is 3.19. The summed E-state index contributed by atoms with van der Waals surface area (Å²) < 4.78 is 11.4. The first-order valence-corrected chi connectivity index (χ1v) is 24.5. The van der Waals surface area contributed by atoms with Gasteiger partial charge in [-0.25, -0.2) is 0 Å². The zero-order valence-electron chi connectivity index (χ0n) is 38.4. The van der Waals surface area contributed by atoms with Crippen LogP contribution in [0.2, 0.25) is 0 Å². The van der Waals surface area contributed by atoms with Crippen LogP contribution < -0.4 is 5.32 Å². The number of unbranched alkanes of at least 4 members (excludes halogenated alkanes) is 18. The summed E-state index contributed by atoms with van der Waals surface area (Å²) in [5, 5.41) is 3.82. The minimum atomic E-state index is -0.00182. The quantitative estimate of drug-likeness (QED) is 0.0489. The number of hydrogen-bond acceptors (Lipinski definition) is 6. The lowest BCUT2D eigenvalue weighted by Gasteiger charge is -2.20. The highest BCUT2D eigenvalue weighted by Gasteiger charge is 2.14. The first-order valence-electron chi connectivity index (χ1n) is 24.5. The molecule has 0 aromatic rings. The molecule has 0 aliphatic rings. The van der Waals surface area contributed by atoms with Crippen molar-refractivity contribution in [3.8, 4) is 0 Å². The Balaban J connectivity index is 4.28. The van der Waals surface area contributed by atoms with E-state index < -0.39 is 0 Å². The van der Waals surface area contributed by atoms with E-state index in [-0.39, 0.29) is 17.8 Å². The number of esters is 2. The first-order chi connectivity index (χ1) is 27.3. The molecule has 0 aliphatic carbocycles. The molecule has 0 aromatic carbocycles. The van der Waals surface area contributed by atoms with E-state index in [1.54, 1.807) is 11.8 Å². The van der Waals surface area contributed by atoms with Gasteiger partial charge in [0.1, 0.15) is 0 Å². The lowest BCUT2D eigenvalue weighted by molar-refractivity contribution is -0.146. The second kappa shape index (κ2) is 41.5. The van der Waals surface area contributed by atoms with E-state index in [2.05, 4.69) is 33.0 Å². The lowest BCUT2D eigenvalue weighted by atomic mass is 9.96. The van der Waals surface area contributed by atoms with E-state index in [0.29, 0.717) is 43.9 Å². The third-order valence-electron chi connectivity index (χ3n) is 11.8. The maximum atomic E-state index is 12.4. The Morgan fingerprint density at radius 2 is 0.821 bits per heavy atom. The SMILES string of the molecule is CCCCCCC(CCCC)COC(=O)CCCCCCCCC(CCCCCCCCC(=O)OCC(CCCC)CCCCCC)NCCCN(C)C(C)=O. The molecular weight excluding hydrogens is 697 g/mol. The van der Waals surface area contributed by atoms with Crippen LogP contribution in [-0.4, -0.2) is 62.1 Å². The largest absolute Gasteiger partial charge is 0.465 e. The molecule has 0 spiro atoms. The van der Waals surface area contributed by atoms with Gasteiger partial charge in [-0.1, -0.05) is 169 Å². The Morgan fingerprint density at radius 1 is 0.464 bits per heavy atom. The molecule has 7 nitrogen and oxygen atoms in total. The Kier molecular flexibility index (Phi) is 40.3. The second-order valence-electron chi connectivity index (χ2n) is 17.3. The molecule has 1 amide bonds. The van der Waals surface area contributed by atoms with Gasteiger partial charge in [0.05, 0.1) is 13.2 Å². The molecule has 0 aliphatic heterocycles. The van der Waals surface area contributed by atoms with Gasteiger partial charge in [-0.2, -0.15) is 0 Å². The van der Waals surface area contributed by atoms with Crippen molar-refractivity contribution in [2.75, 3.05) is 33.4 Å². The van der Waals surface area contributed by atoms with Crippen LogP contribution in [0.3, 0.4) is 0 Å². The fraction of sp³-hybridized carbons (Fsp3) is 0.939. The highest BCUT2D eigenvalue weighted by Crippen LogP contribution is 2.21. The van der Waals surface area contributed by atoms with Gasteiger partial charge < -0.3 is 19.7 Å². The lowest BCUT2D eigenvalue weighted by Crippen LogP contribution is -2.33. The summed E-state index contributed by atoms with van der Waals surface area (Å²) in [6, 6.07) is 0.530. The van der Waals surface area contributed by atoms with Gasteiger partial charge in [-0.15, -0.1) is 0 Å². The molecule has 0 bridgehead atoms. The number of ether oxygens (including phenoxy) is 2. The monoisotopic (exact) mass is 793 g/mol. The normalized spacial score (nSPS) is 13.0. The van der Waals surface area contributed by atoms with Crippen molar-refractivity contribution in [3.05, 3.63) is 0 Å². The molecule has 56 heavy (non-hydrogen) atoms. The number of amides is 1. The van der Waals surface area contributed by atoms with E-state index in [1.165, 1.54) is 167 Å². The van der Waals surface area contributed by atoms with Crippen LogP contribution in [-0.2, 0) is 23.9 Å². The van der Waals surface area contributed by atoms with Gasteiger partial charge in [0, 0.05) is 39.4 Å². The van der Waals surface area contributed by atoms with Crippen LogP contribution in [0.5, 0.6) is 0 Å². The van der Waals surface area contributed by atoms with E-state index in [4.69, 9.17) is 9.47 Å². The number of nitrogens with zero attached hydrogens (tertiary/aromatic N) is 1. The van der Waals surface area contributed by atoms with E-state index >= 15 is 0 Å². The molecule has 0 saturated carbocycles. The summed E-state index contributed by atoms with van der Waals surface area (Å²) in [6.45, 7) is 13.6. The van der Waals surface area contributed by atoms with Crippen molar-refractivity contribution in [2.24, 2.45) is 11.8 Å². The summed E-state index contributed by atoms with van der Waals surface area (Å²) in [7, 11) is 1.88. The molecule has 0 radical (unpaired) electrons. The van der Waals surface area contributed by atoms with Gasteiger partial charge in [0.15, 0.2) is 0 Å². The number of hydrogen-bond donors (Lipinski definition) is 1. The van der Waals surface area contributed by atoms with Gasteiger partial charge in [0.25, 0.3) is 0 Å². The number of carbonyl (C=O) groups excluding carboxylic acids is 3. The van der Waals surface area contributed by atoms with Gasteiger partial charge in [-0.05, 0) is 76.2 Å². The van der Waals surface area contributed by atoms with Crippen LogP contribution in [0.4, 0.5) is 0 Å². The first kappa shape index (κ1) is 54.4. The highest BCUT2D eigenvalue weighted by atomic mass is 16.5. The maximum Gasteiger partial charge on any atom is 0.305 e. The standard InChI is InChI=1S/C49H96N2O5/c1-7-11-15-25-34-45(32-13-9-3)42-55-48(53)38-29-23-19-17-21-27-36-47(50-40-31-41-51(6)44(5)52)37-28-22-18-20-24-30-39-49(54)56-43-46(33-14-10-4)35-26-16-12-8-2/h45-47,50H,7-43H2,1-6H3. The minimum absolute atomic E-state index is 0.00182. The molecule has 7 heteroatoms.